The molecule has 228 valence electrons. The number of aryl methyl sites for hydroxylation is 1. The first-order valence-corrected chi connectivity index (χ1v) is 13.9. The molecule has 4 aromatic rings. The summed E-state index contributed by atoms with van der Waals surface area (Å²) >= 11 is 3.02. The van der Waals surface area contributed by atoms with Crippen LogP contribution in [0.2, 0.25) is 0 Å². The summed E-state index contributed by atoms with van der Waals surface area (Å²) in [5, 5.41) is 20.5. The molecule has 0 radical (unpaired) electrons. The van der Waals surface area contributed by atoms with E-state index in [0.29, 0.717) is 23.8 Å². The molecule has 2 aromatic heterocycles. The number of nitrogens with one attached hydrogen (secondary N) is 2. The Labute approximate surface area is 252 Å². The third-order valence-electron chi connectivity index (χ3n) is 5.60. The number of thiophene rings is 1. The minimum atomic E-state index is -5.08. The lowest BCUT2D eigenvalue weighted by Crippen LogP contribution is -2.28. The fourth-order valence-corrected chi connectivity index (χ4v) is 5.34. The number of carbonyl (C=O) groups excluding carboxylic acids is 1. The molecular weight excluding hydrogens is 609 g/mol. The number of aromatic nitrogens is 1. The van der Waals surface area contributed by atoms with E-state index < -0.39 is 12.1 Å². The van der Waals surface area contributed by atoms with Crippen LogP contribution in [0.4, 0.5) is 13.2 Å². The summed E-state index contributed by atoms with van der Waals surface area (Å²) in [5.41, 5.74) is 9.21. The van der Waals surface area contributed by atoms with Crippen LogP contribution in [0.3, 0.4) is 0 Å². The van der Waals surface area contributed by atoms with Crippen molar-refractivity contribution in [3.05, 3.63) is 69.2 Å². The minimum Gasteiger partial charge on any atom is -0.493 e. The molecule has 2 heterocycles. The van der Waals surface area contributed by atoms with Crippen molar-refractivity contribution in [2.75, 3.05) is 20.8 Å². The molecule has 0 spiro atoms. The van der Waals surface area contributed by atoms with Crippen LogP contribution < -0.4 is 25.3 Å². The van der Waals surface area contributed by atoms with Crippen molar-refractivity contribution in [2.45, 2.75) is 19.6 Å². The van der Waals surface area contributed by atoms with E-state index in [4.69, 9.17) is 40.2 Å². The third-order valence-corrected chi connectivity index (χ3v) is 7.56. The van der Waals surface area contributed by atoms with E-state index in [2.05, 4.69) is 5.32 Å². The summed E-state index contributed by atoms with van der Waals surface area (Å²) in [4.78, 5) is 27.8. The van der Waals surface area contributed by atoms with Gasteiger partial charge in [-0.25, -0.2) is 9.78 Å². The number of carboxylic acids is 1. The molecule has 0 fully saturated rings. The first kappa shape index (κ1) is 32.9. The van der Waals surface area contributed by atoms with Gasteiger partial charge in [0.25, 0.3) is 5.91 Å². The lowest BCUT2D eigenvalue weighted by molar-refractivity contribution is -0.192. The number of ether oxygens (including phenoxy) is 3. The van der Waals surface area contributed by atoms with Crippen molar-refractivity contribution >= 4 is 40.4 Å². The van der Waals surface area contributed by atoms with Crippen molar-refractivity contribution in [1.82, 2.24) is 10.3 Å². The van der Waals surface area contributed by atoms with Gasteiger partial charge in [-0.05, 0) is 42.8 Å². The fourth-order valence-electron chi connectivity index (χ4n) is 3.49. The van der Waals surface area contributed by atoms with Gasteiger partial charge in [0.1, 0.15) is 16.6 Å². The Morgan fingerprint density at radius 2 is 1.79 bits per heavy atom. The number of hydrogen-bond donors (Lipinski definition) is 4. The highest BCUT2D eigenvalue weighted by Crippen LogP contribution is 2.35. The lowest BCUT2D eigenvalue weighted by Gasteiger charge is -2.11. The van der Waals surface area contributed by atoms with Crippen molar-refractivity contribution in [1.29, 1.82) is 5.41 Å². The van der Waals surface area contributed by atoms with E-state index in [1.165, 1.54) is 22.7 Å². The number of benzene rings is 2. The Balaban J connectivity index is 0.000000646. The lowest BCUT2D eigenvalue weighted by atomic mass is 10.1. The minimum absolute atomic E-state index is 0.0590. The van der Waals surface area contributed by atoms with E-state index in [1.54, 1.807) is 26.4 Å². The Morgan fingerprint density at radius 3 is 2.40 bits per heavy atom. The van der Waals surface area contributed by atoms with Crippen LogP contribution in [0.5, 0.6) is 17.2 Å². The highest BCUT2D eigenvalue weighted by molar-refractivity contribution is 7.16. The maximum atomic E-state index is 12.3. The monoisotopic (exact) mass is 636 g/mol. The number of rotatable bonds is 10. The molecule has 1 amide bonds. The normalized spacial score (nSPS) is 10.7. The topological polar surface area (TPSA) is 157 Å². The SMILES string of the molecule is COc1ccc(CNC(=O)COc2cccc(-c3csc(-c4cc(C(=N)N)sc4C)n3)c2)cc1OC.O=C(O)C(F)(F)F. The number of amidine groups is 1. The van der Waals surface area contributed by atoms with Crippen LogP contribution in [-0.2, 0) is 16.1 Å². The number of alkyl halides is 3. The number of amides is 1. The molecule has 0 aliphatic heterocycles. The average Bonchev–Trinajstić information content (AvgIpc) is 3.62. The van der Waals surface area contributed by atoms with Gasteiger partial charge in [-0.2, -0.15) is 13.2 Å². The summed E-state index contributed by atoms with van der Waals surface area (Å²) in [6, 6.07) is 14.9. The van der Waals surface area contributed by atoms with E-state index in [0.717, 1.165) is 37.1 Å². The average molecular weight is 637 g/mol. The van der Waals surface area contributed by atoms with Crippen molar-refractivity contribution in [2.24, 2.45) is 5.73 Å². The molecule has 0 bridgehead atoms. The number of nitrogen functional groups attached to an aromatic ring is 1. The molecule has 0 aliphatic rings. The summed E-state index contributed by atoms with van der Waals surface area (Å²) in [6.45, 7) is 2.23. The van der Waals surface area contributed by atoms with E-state index in [-0.39, 0.29) is 18.3 Å². The fraction of sp³-hybridized carbons (Fsp3) is 0.214. The molecule has 0 saturated heterocycles. The predicted octanol–water partition coefficient (Wildman–Crippen LogP) is 5.48. The van der Waals surface area contributed by atoms with Crippen LogP contribution in [-0.4, -0.2) is 54.8 Å². The number of hydrogen-bond acceptors (Lipinski definition) is 9. The van der Waals surface area contributed by atoms with Crippen molar-refractivity contribution < 1.29 is 42.1 Å². The largest absolute Gasteiger partial charge is 0.493 e. The van der Waals surface area contributed by atoms with Gasteiger partial charge >= 0.3 is 12.1 Å². The van der Waals surface area contributed by atoms with E-state index in [9.17, 15) is 18.0 Å². The summed E-state index contributed by atoms with van der Waals surface area (Å²) in [6.07, 6.45) is -5.08. The first-order valence-electron chi connectivity index (χ1n) is 12.2. The number of carboxylic acid groups (broad SMARTS) is 1. The molecule has 4 rings (SSSR count). The second-order valence-corrected chi connectivity index (χ2v) is 10.7. The van der Waals surface area contributed by atoms with Gasteiger partial charge < -0.3 is 30.4 Å². The molecule has 2 aromatic carbocycles. The van der Waals surface area contributed by atoms with Gasteiger partial charge in [0.2, 0.25) is 0 Å². The second kappa shape index (κ2) is 14.5. The Bertz CT molecular complexity index is 1600. The molecular formula is C28H27F3N4O6S2. The molecule has 5 N–H and O–H groups in total. The predicted molar refractivity (Wildman–Crippen MR) is 157 cm³/mol. The van der Waals surface area contributed by atoms with Crippen molar-refractivity contribution in [3.63, 3.8) is 0 Å². The van der Waals surface area contributed by atoms with E-state index in [1.807, 2.05) is 48.7 Å². The number of thiazole rings is 1. The summed E-state index contributed by atoms with van der Waals surface area (Å²) in [5.74, 6) is -1.12. The summed E-state index contributed by atoms with van der Waals surface area (Å²) in [7, 11) is 3.15. The number of aliphatic carboxylic acids is 1. The first-order chi connectivity index (χ1) is 20.3. The molecule has 10 nitrogen and oxygen atoms in total. The molecule has 0 saturated carbocycles. The van der Waals surface area contributed by atoms with E-state index >= 15 is 0 Å². The molecule has 0 unspecified atom stereocenters. The van der Waals surface area contributed by atoms with Gasteiger partial charge in [-0.3, -0.25) is 10.2 Å². The maximum Gasteiger partial charge on any atom is 0.490 e. The zero-order valence-electron chi connectivity index (χ0n) is 23.1. The Hall–Kier alpha value is -4.63. The van der Waals surface area contributed by atoms with Gasteiger partial charge in [0.15, 0.2) is 18.1 Å². The number of methoxy groups -OCH3 is 2. The Kier molecular flexibility index (Phi) is 11.1. The number of carbonyl (C=O) groups is 2. The molecule has 43 heavy (non-hydrogen) atoms. The second-order valence-electron chi connectivity index (χ2n) is 8.62. The smallest absolute Gasteiger partial charge is 0.490 e. The molecule has 15 heteroatoms. The van der Waals surface area contributed by atoms with Crippen LogP contribution in [0.15, 0.2) is 53.9 Å². The van der Waals surface area contributed by atoms with Gasteiger partial charge in [0, 0.05) is 27.9 Å². The van der Waals surface area contributed by atoms with Crippen LogP contribution >= 0.6 is 22.7 Å². The van der Waals surface area contributed by atoms with Gasteiger partial charge in [-0.1, -0.05) is 18.2 Å². The third kappa shape index (κ3) is 9.18. The highest BCUT2D eigenvalue weighted by atomic mass is 32.1. The van der Waals surface area contributed by atoms with Crippen LogP contribution in [0.25, 0.3) is 21.8 Å². The van der Waals surface area contributed by atoms with Crippen LogP contribution in [0, 0.1) is 12.3 Å². The zero-order valence-corrected chi connectivity index (χ0v) is 24.7. The number of nitrogens with zero attached hydrogens (tertiary/aromatic N) is 1. The highest BCUT2D eigenvalue weighted by Gasteiger charge is 2.38. The van der Waals surface area contributed by atoms with Crippen molar-refractivity contribution in [3.8, 4) is 39.1 Å². The zero-order chi connectivity index (χ0) is 31.7. The molecule has 0 atom stereocenters. The Morgan fingerprint density at radius 1 is 1.09 bits per heavy atom. The summed E-state index contributed by atoms with van der Waals surface area (Å²) < 4.78 is 48.0. The maximum absolute atomic E-state index is 12.3. The van der Waals surface area contributed by atoms with Crippen LogP contribution in [0.1, 0.15) is 15.3 Å². The quantitative estimate of drug-likeness (QED) is 0.132. The molecule has 0 aliphatic carbocycles. The standard InChI is InChI=1S/C26H26N4O4S2.C2HF3O2/c1-15-19(11-23(36-15)25(27)28)26-30-20(14-35-26)17-5-4-6-18(10-17)34-13-24(31)29-12-16-7-8-21(32-2)22(9-16)33-3;3-2(4,5)1(6)7/h4-11,14H,12-13H2,1-3H3,(H3,27,28)(H,29,31);(H,6,7). The number of halogens is 3. The van der Waals surface area contributed by atoms with Gasteiger partial charge in [-0.15, -0.1) is 22.7 Å². The number of nitrogens with two attached hydrogens (primary N) is 1. The van der Waals surface area contributed by atoms with Gasteiger partial charge in [0.05, 0.1) is 24.8 Å².